The Kier molecular flexibility index (Phi) is 3.60. The number of anilines is 1. The van der Waals surface area contributed by atoms with Crippen molar-refractivity contribution in [2.75, 3.05) is 23.5 Å². The maximum atomic E-state index is 5.65. The molecule has 1 saturated heterocycles. The van der Waals surface area contributed by atoms with Crippen molar-refractivity contribution in [3.05, 3.63) is 18.1 Å². The summed E-state index contributed by atoms with van der Waals surface area (Å²) in [5.41, 5.74) is 6.27. The van der Waals surface area contributed by atoms with E-state index >= 15 is 0 Å². The van der Waals surface area contributed by atoms with Crippen LogP contribution in [0.5, 0.6) is 0 Å². The van der Waals surface area contributed by atoms with Crippen LogP contribution in [-0.2, 0) is 0 Å². The highest BCUT2D eigenvalue weighted by molar-refractivity contribution is 7.99. The number of hydrogen-bond acceptors (Lipinski definition) is 5. The van der Waals surface area contributed by atoms with Gasteiger partial charge in [0.05, 0.1) is 0 Å². The normalized spacial score (nSPS) is 19.7. The molecule has 1 unspecified atom stereocenters. The van der Waals surface area contributed by atoms with Crippen molar-refractivity contribution in [3.63, 3.8) is 0 Å². The molecule has 0 saturated carbocycles. The van der Waals surface area contributed by atoms with E-state index in [-0.39, 0.29) is 0 Å². The summed E-state index contributed by atoms with van der Waals surface area (Å²) in [6, 6.07) is 0.509. The van der Waals surface area contributed by atoms with Crippen LogP contribution in [0, 0.1) is 0 Å². The highest BCUT2D eigenvalue weighted by Crippen LogP contribution is 2.25. The number of nitrogens with zero attached hydrogens (tertiary/aromatic N) is 3. The fourth-order valence-electron chi connectivity index (χ4n) is 1.76. The second-order valence-electron chi connectivity index (χ2n) is 3.72. The summed E-state index contributed by atoms with van der Waals surface area (Å²) in [7, 11) is 2.03. The summed E-state index contributed by atoms with van der Waals surface area (Å²) in [5, 5.41) is 0. The van der Waals surface area contributed by atoms with Crippen LogP contribution >= 0.6 is 24.0 Å². The van der Waals surface area contributed by atoms with E-state index in [2.05, 4.69) is 14.9 Å². The molecule has 0 amide bonds. The van der Waals surface area contributed by atoms with Crippen LogP contribution in [-0.4, -0.2) is 39.6 Å². The standard InChI is InChI=1S/C10H14N4S2/c1-14(7-2-5-16-6-7)10-8(9(11)15)12-3-4-13-10/h3-4,7H,2,5-6H2,1H3,(H2,11,15). The highest BCUT2D eigenvalue weighted by atomic mass is 32.2. The number of thiocarbonyl (C=S) groups is 1. The van der Waals surface area contributed by atoms with Crippen molar-refractivity contribution in [2.45, 2.75) is 12.5 Å². The molecule has 16 heavy (non-hydrogen) atoms. The third-order valence-corrected chi connectivity index (χ3v) is 4.04. The molecule has 2 rings (SSSR count). The molecule has 1 aliphatic heterocycles. The summed E-state index contributed by atoms with van der Waals surface area (Å²) < 4.78 is 0. The molecule has 1 aromatic rings. The molecule has 1 aliphatic rings. The molecule has 1 atom stereocenters. The summed E-state index contributed by atoms with van der Waals surface area (Å²) >= 11 is 6.95. The van der Waals surface area contributed by atoms with Gasteiger partial charge in [-0.3, -0.25) is 0 Å². The number of hydrogen-bond donors (Lipinski definition) is 1. The summed E-state index contributed by atoms with van der Waals surface area (Å²) in [5.74, 6) is 3.13. The fourth-order valence-corrected chi connectivity index (χ4v) is 3.17. The average molecular weight is 254 g/mol. The zero-order valence-electron chi connectivity index (χ0n) is 9.09. The van der Waals surface area contributed by atoms with Gasteiger partial charge in [-0.15, -0.1) is 0 Å². The molecular weight excluding hydrogens is 240 g/mol. The Morgan fingerprint density at radius 1 is 1.56 bits per heavy atom. The lowest BCUT2D eigenvalue weighted by Crippen LogP contribution is -2.34. The van der Waals surface area contributed by atoms with Crippen LogP contribution in [0.3, 0.4) is 0 Å². The summed E-state index contributed by atoms with van der Waals surface area (Å²) in [4.78, 5) is 11.0. The highest BCUT2D eigenvalue weighted by Gasteiger charge is 2.23. The second kappa shape index (κ2) is 4.97. The molecule has 1 fully saturated rings. The first-order chi connectivity index (χ1) is 7.70. The van der Waals surface area contributed by atoms with E-state index in [0.29, 0.717) is 16.7 Å². The minimum Gasteiger partial charge on any atom is -0.388 e. The van der Waals surface area contributed by atoms with E-state index in [1.54, 1.807) is 12.4 Å². The third-order valence-electron chi connectivity index (χ3n) is 2.70. The van der Waals surface area contributed by atoms with Crippen LogP contribution in [0.1, 0.15) is 12.1 Å². The van der Waals surface area contributed by atoms with E-state index < -0.39 is 0 Å². The lowest BCUT2D eigenvalue weighted by Gasteiger charge is -2.25. The zero-order valence-corrected chi connectivity index (χ0v) is 10.7. The predicted molar refractivity (Wildman–Crippen MR) is 72.1 cm³/mol. The van der Waals surface area contributed by atoms with Crippen molar-refractivity contribution < 1.29 is 0 Å². The Balaban J connectivity index is 2.27. The molecule has 4 nitrogen and oxygen atoms in total. The predicted octanol–water partition coefficient (Wildman–Crippen LogP) is 1.05. The van der Waals surface area contributed by atoms with Crippen LogP contribution in [0.25, 0.3) is 0 Å². The van der Waals surface area contributed by atoms with E-state index in [9.17, 15) is 0 Å². The average Bonchev–Trinajstić information content (AvgIpc) is 2.81. The minimum absolute atomic E-state index is 0.306. The molecular formula is C10H14N4S2. The lowest BCUT2D eigenvalue weighted by atomic mass is 10.2. The largest absolute Gasteiger partial charge is 0.388 e. The van der Waals surface area contributed by atoms with E-state index in [0.717, 1.165) is 11.6 Å². The van der Waals surface area contributed by atoms with E-state index in [1.807, 2.05) is 18.8 Å². The maximum absolute atomic E-state index is 5.65. The lowest BCUT2D eigenvalue weighted by molar-refractivity contribution is 0.689. The molecule has 86 valence electrons. The Hall–Kier alpha value is -0.880. The van der Waals surface area contributed by atoms with E-state index in [4.69, 9.17) is 18.0 Å². The second-order valence-corrected chi connectivity index (χ2v) is 5.31. The van der Waals surface area contributed by atoms with Gasteiger partial charge in [-0.05, 0) is 12.2 Å². The quantitative estimate of drug-likeness (QED) is 0.814. The van der Waals surface area contributed by atoms with Crippen molar-refractivity contribution in [3.8, 4) is 0 Å². The van der Waals surface area contributed by atoms with Gasteiger partial charge >= 0.3 is 0 Å². The van der Waals surface area contributed by atoms with Crippen LogP contribution in [0.4, 0.5) is 5.82 Å². The van der Waals surface area contributed by atoms with E-state index in [1.165, 1.54) is 12.2 Å². The van der Waals surface area contributed by atoms with Gasteiger partial charge in [0.2, 0.25) is 0 Å². The minimum atomic E-state index is 0.306. The molecule has 6 heteroatoms. The van der Waals surface area contributed by atoms with Gasteiger partial charge in [0, 0.05) is 31.2 Å². The fraction of sp³-hybridized carbons (Fsp3) is 0.500. The molecule has 0 bridgehead atoms. The number of nitrogens with two attached hydrogens (primary N) is 1. The molecule has 0 radical (unpaired) electrons. The molecule has 1 aromatic heterocycles. The van der Waals surface area contributed by atoms with Gasteiger partial charge in [-0.1, -0.05) is 12.2 Å². The number of rotatable bonds is 3. The summed E-state index contributed by atoms with van der Waals surface area (Å²) in [6.45, 7) is 0. The van der Waals surface area contributed by atoms with Gasteiger partial charge < -0.3 is 10.6 Å². The Bertz CT molecular complexity index is 390. The molecule has 0 spiro atoms. The van der Waals surface area contributed by atoms with Crippen molar-refractivity contribution >= 4 is 34.8 Å². The number of aromatic nitrogens is 2. The van der Waals surface area contributed by atoms with Crippen LogP contribution in [0.15, 0.2) is 12.4 Å². The van der Waals surface area contributed by atoms with Gasteiger partial charge in [0.15, 0.2) is 5.82 Å². The first kappa shape index (κ1) is 11.6. The maximum Gasteiger partial charge on any atom is 0.157 e. The Labute approximate surface area is 105 Å². The Morgan fingerprint density at radius 3 is 2.94 bits per heavy atom. The molecule has 0 aliphatic carbocycles. The van der Waals surface area contributed by atoms with Gasteiger partial charge in [-0.25, -0.2) is 9.97 Å². The van der Waals surface area contributed by atoms with Gasteiger partial charge in [-0.2, -0.15) is 11.8 Å². The number of thioether (sulfide) groups is 1. The van der Waals surface area contributed by atoms with Gasteiger partial charge in [0.25, 0.3) is 0 Å². The monoisotopic (exact) mass is 254 g/mol. The Morgan fingerprint density at radius 2 is 2.31 bits per heavy atom. The first-order valence-corrected chi connectivity index (χ1v) is 6.68. The van der Waals surface area contributed by atoms with Crippen molar-refractivity contribution in [2.24, 2.45) is 5.73 Å². The van der Waals surface area contributed by atoms with Crippen LogP contribution in [0.2, 0.25) is 0 Å². The SMILES string of the molecule is CN(c1nccnc1C(N)=S)C1CCSC1. The molecule has 2 heterocycles. The van der Waals surface area contributed by atoms with Gasteiger partial charge in [0.1, 0.15) is 10.7 Å². The van der Waals surface area contributed by atoms with Crippen LogP contribution < -0.4 is 10.6 Å². The summed E-state index contributed by atoms with van der Waals surface area (Å²) in [6.07, 6.45) is 4.47. The smallest absolute Gasteiger partial charge is 0.157 e. The molecule has 0 aromatic carbocycles. The first-order valence-electron chi connectivity index (χ1n) is 5.11. The van der Waals surface area contributed by atoms with Crippen molar-refractivity contribution in [1.82, 2.24) is 9.97 Å². The zero-order chi connectivity index (χ0) is 11.5. The molecule has 2 N–H and O–H groups in total. The topological polar surface area (TPSA) is 55.0 Å². The third kappa shape index (κ3) is 2.27. The van der Waals surface area contributed by atoms with Crippen molar-refractivity contribution in [1.29, 1.82) is 0 Å².